The fourth-order valence-corrected chi connectivity index (χ4v) is 22.3. The first-order chi connectivity index (χ1) is 72.9. The van der Waals surface area contributed by atoms with Crippen molar-refractivity contribution >= 4 is 164 Å². The van der Waals surface area contributed by atoms with Crippen LogP contribution in [-0.2, 0) is 0 Å². The second-order valence-electron chi connectivity index (χ2n) is 37.5. The molecule has 0 saturated heterocycles. The topological polar surface area (TPSA) is 117 Å². The van der Waals surface area contributed by atoms with Gasteiger partial charge in [-0.15, -0.1) is 0 Å². The summed E-state index contributed by atoms with van der Waals surface area (Å²) >= 11 is 0. The molecule has 6 aromatic heterocycles. The maximum Gasteiger partial charge on any atom is 0.143 e. The quantitative estimate of drug-likeness (QED) is 0.110. The smallest absolute Gasteiger partial charge is 0.143 e. The van der Waals surface area contributed by atoms with Gasteiger partial charge in [0.15, 0.2) is 0 Å². The van der Waals surface area contributed by atoms with Gasteiger partial charge in [-0.25, -0.2) is 15.0 Å². The molecule has 0 aliphatic rings. The van der Waals surface area contributed by atoms with E-state index in [0.717, 1.165) is 260 Å². The van der Waals surface area contributed by atoms with Crippen LogP contribution in [0.5, 0.6) is 0 Å². The SMILES string of the molecule is c1ccc(-c2cc(-c3ccccc3)c3oc4c(-c5ccccc5-c5cnc6c7ccccc7c7ccccc7c6n5)cc(-c5ccccc5)cc4c3c2)cc1.c1ccc(-c2ccc3oc4c(-c5ccccc5-c5cnc6c7ccccc7c7ccccc7c6n5)cc(-c5ccccc5)cc4c3c2)cc1.c1ccc(-c2cccc3c2oc2c(-c4ccccc4-c4cnc5c6ccccc6c6ccccc6c5n4)cccc23)cc1. The van der Waals surface area contributed by atoms with Crippen LogP contribution in [0.15, 0.2) is 523 Å². The normalized spacial score (nSPS) is 11.7. The van der Waals surface area contributed by atoms with Crippen molar-refractivity contribution in [2.75, 3.05) is 0 Å². The third-order valence-corrected chi connectivity index (χ3v) is 29.1. The third kappa shape index (κ3) is 14.8. The Labute approximate surface area is 844 Å². The summed E-state index contributed by atoms with van der Waals surface area (Å²) in [5.74, 6) is 0. The first kappa shape index (κ1) is 85.3. The van der Waals surface area contributed by atoms with Gasteiger partial charge in [-0.3, -0.25) is 15.0 Å². The molecule has 30 rings (SSSR count). The Morgan fingerprint density at radius 1 is 0.122 bits per heavy atom. The van der Waals surface area contributed by atoms with Gasteiger partial charge in [0.2, 0.25) is 0 Å². The molecule has 0 fully saturated rings. The van der Waals surface area contributed by atoms with E-state index in [-0.39, 0.29) is 0 Å². The lowest BCUT2D eigenvalue weighted by molar-refractivity contribution is 0.670. The molecule has 9 nitrogen and oxygen atoms in total. The van der Waals surface area contributed by atoms with Crippen LogP contribution >= 0.6 is 0 Å². The van der Waals surface area contributed by atoms with Crippen molar-refractivity contribution in [2.24, 2.45) is 0 Å². The zero-order valence-electron chi connectivity index (χ0n) is 79.4. The van der Waals surface area contributed by atoms with Gasteiger partial charge in [0.05, 0.1) is 68.8 Å². The zero-order chi connectivity index (χ0) is 96.9. The molecule has 0 saturated carbocycles. The zero-order valence-corrected chi connectivity index (χ0v) is 79.4. The monoisotopic (exact) mass is 1870 g/mol. The van der Waals surface area contributed by atoms with E-state index in [0.29, 0.717) is 0 Å². The lowest BCUT2D eigenvalue weighted by Crippen LogP contribution is -1.94. The van der Waals surface area contributed by atoms with E-state index in [4.69, 9.17) is 43.2 Å². The molecule has 0 aliphatic heterocycles. The fraction of sp³-hybridized carbons (Fsp3) is 0. The average Bonchev–Trinajstić information content (AvgIpc) is 1.62. The van der Waals surface area contributed by atoms with Crippen LogP contribution in [0.3, 0.4) is 0 Å². The summed E-state index contributed by atoms with van der Waals surface area (Å²) in [4.78, 5) is 31.3. The van der Waals surface area contributed by atoms with Crippen molar-refractivity contribution < 1.29 is 13.3 Å². The lowest BCUT2D eigenvalue weighted by Gasteiger charge is -2.14. The molecule has 147 heavy (non-hydrogen) atoms. The van der Waals surface area contributed by atoms with Gasteiger partial charge in [-0.05, 0) is 153 Å². The Morgan fingerprint density at radius 3 is 0.728 bits per heavy atom. The summed E-state index contributed by atoms with van der Waals surface area (Å²) in [6, 6.07) is 173. The van der Waals surface area contributed by atoms with E-state index in [1.807, 2.05) is 24.7 Å². The van der Waals surface area contributed by atoms with Gasteiger partial charge >= 0.3 is 0 Å². The maximum atomic E-state index is 7.14. The largest absolute Gasteiger partial charge is 0.455 e. The fourth-order valence-electron chi connectivity index (χ4n) is 22.3. The highest BCUT2D eigenvalue weighted by Gasteiger charge is 2.28. The lowest BCUT2D eigenvalue weighted by atomic mass is 9.91. The predicted octanol–water partition coefficient (Wildman–Crippen LogP) is 37.5. The second-order valence-corrected chi connectivity index (χ2v) is 37.5. The molecule has 6 heterocycles. The third-order valence-electron chi connectivity index (χ3n) is 29.1. The molecule has 0 amide bonds. The highest BCUT2D eigenvalue weighted by Crippen LogP contribution is 2.51. The number of hydrogen-bond acceptors (Lipinski definition) is 9. The summed E-state index contributed by atoms with van der Waals surface area (Å²) in [5.41, 5.74) is 36.0. The van der Waals surface area contributed by atoms with E-state index < -0.39 is 0 Å². The first-order valence-corrected chi connectivity index (χ1v) is 49.7. The summed E-state index contributed by atoms with van der Waals surface area (Å²) in [5, 5.41) is 20.3. The number of fused-ring (bicyclic) bond motifs is 27. The Kier molecular flexibility index (Phi) is 20.8. The number of para-hydroxylation sites is 2. The highest BCUT2D eigenvalue weighted by molar-refractivity contribution is 6.27. The van der Waals surface area contributed by atoms with Crippen LogP contribution in [0, 0.1) is 0 Å². The number of nitrogens with zero attached hydrogens (tertiary/aromatic N) is 6. The maximum absolute atomic E-state index is 7.14. The number of hydrogen-bond donors (Lipinski definition) is 0. The summed E-state index contributed by atoms with van der Waals surface area (Å²) < 4.78 is 20.6. The summed E-state index contributed by atoms with van der Waals surface area (Å²) in [6.45, 7) is 0. The van der Waals surface area contributed by atoms with Gasteiger partial charge < -0.3 is 13.3 Å². The van der Waals surface area contributed by atoms with Crippen molar-refractivity contribution in [3.8, 4) is 134 Å². The van der Waals surface area contributed by atoms with Gasteiger partial charge in [-0.2, -0.15) is 0 Å². The molecule has 0 bridgehead atoms. The molecule has 9 heteroatoms. The van der Waals surface area contributed by atoms with Crippen LogP contribution < -0.4 is 0 Å². The van der Waals surface area contributed by atoms with Crippen molar-refractivity contribution in [1.82, 2.24) is 29.9 Å². The Morgan fingerprint density at radius 2 is 0.361 bits per heavy atom. The van der Waals surface area contributed by atoms with Crippen LogP contribution in [0.2, 0.25) is 0 Å². The first-order valence-electron chi connectivity index (χ1n) is 49.7. The molecular weight excluding hydrogens is 1790 g/mol. The van der Waals surface area contributed by atoms with Crippen LogP contribution in [0.25, 0.3) is 297 Å². The van der Waals surface area contributed by atoms with E-state index in [2.05, 4.69) is 485 Å². The molecule has 0 aliphatic carbocycles. The highest BCUT2D eigenvalue weighted by atomic mass is 16.3. The van der Waals surface area contributed by atoms with Gasteiger partial charge in [0.25, 0.3) is 0 Å². The van der Waals surface area contributed by atoms with Crippen molar-refractivity contribution in [1.29, 1.82) is 0 Å². The predicted molar refractivity (Wildman–Crippen MR) is 611 cm³/mol. The summed E-state index contributed by atoms with van der Waals surface area (Å²) in [6.07, 6.45) is 5.76. The van der Waals surface area contributed by atoms with E-state index in [1.54, 1.807) is 0 Å². The molecule has 30 aromatic rings. The number of aromatic nitrogens is 6. The van der Waals surface area contributed by atoms with Crippen LogP contribution in [-0.4, -0.2) is 29.9 Å². The Balaban J connectivity index is 0.000000107. The summed E-state index contributed by atoms with van der Waals surface area (Å²) in [7, 11) is 0. The number of benzene rings is 24. The Bertz CT molecular complexity index is 10400. The minimum atomic E-state index is 0.814. The van der Waals surface area contributed by atoms with E-state index in [1.165, 1.54) is 37.9 Å². The van der Waals surface area contributed by atoms with Crippen molar-refractivity contribution in [3.05, 3.63) is 510 Å². The second kappa shape index (κ2) is 35.8. The van der Waals surface area contributed by atoms with E-state index >= 15 is 0 Å². The minimum absolute atomic E-state index is 0.814. The minimum Gasteiger partial charge on any atom is -0.455 e. The van der Waals surface area contributed by atoms with Crippen LogP contribution in [0.1, 0.15) is 0 Å². The molecular formula is C138H84N6O3. The van der Waals surface area contributed by atoms with Crippen molar-refractivity contribution in [3.63, 3.8) is 0 Å². The molecule has 24 aromatic carbocycles. The van der Waals surface area contributed by atoms with Gasteiger partial charge in [-0.1, -0.05) is 443 Å². The molecule has 0 spiro atoms. The molecule has 0 radical (unpaired) electrons. The Hall–Kier alpha value is -19.7. The molecule has 0 unspecified atom stereocenters. The number of furan rings is 3. The van der Waals surface area contributed by atoms with Crippen molar-refractivity contribution in [2.45, 2.75) is 0 Å². The number of rotatable bonds is 12. The molecule has 0 N–H and O–H groups in total. The average molecular weight is 1870 g/mol. The standard InChI is InChI=1S/C52H32N2O.C46H28N2O.C40H24N2O/c1-4-16-33(17-5-1)36-28-44(35-20-8-3-9-21-35)51-46(30-36)47-31-37(34-18-6-2-7-19-34)29-45(52(47)55-51)40-24-10-13-25-41(40)48-32-53-49-42-26-14-11-22-38(42)39-23-12-15-27-43(39)50(49)54-48;1-3-13-29(14-4-1)31-23-24-43-39(25-31)41-27-32(30-15-5-2-6-16-30)26-40(46(41)49-43)35-19-7-10-20-36(35)42-28-47-44-37-21-11-8-17-33(37)34-18-9-12-22-38(34)45(44)48-42;1-2-12-25(13-3-1)26-20-10-22-34-35-23-11-21-33(40(35)43-39(26)34)29-16-4-7-17-30(29)36-24-41-37-31-18-8-5-14-27(31)28-15-6-9-19-32(28)38(37)42-36/h1-32H;1-28H;1-24H. The van der Waals surface area contributed by atoms with Crippen LogP contribution in [0.4, 0.5) is 0 Å². The van der Waals surface area contributed by atoms with Gasteiger partial charge in [0.1, 0.15) is 33.5 Å². The van der Waals surface area contributed by atoms with E-state index in [9.17, 15) is 0 Å². The van der Waals surface area contributed by atoms with Gasteiger partial charge in [0, 0.05) is 109 Å². The molecule has 0 atom stereocenters. The molecule has 684 valence electrons.